The van der Waals surface area contributed by atoms with Gasteiger partial charge >= 0.3 is 0 Å². The Hall–Kier alpha value is -1.30. The predicted octanol–water partition coefficient (Wildman–Crippen LogP) is 0.464. The molecule has 0 spiro atoms. The van der Waals surface area contributed by atoms with Gasteiger partial charge in [0.2, 0.25) is 0 Å². The summed E-state index contributed by atoms with van der Waals surface area (Å²) in [7, 11) is 5.37. The largest absolute Gasteiger partial charge is 0.497 e. The quantitative estimate of drug-likeness (QED) is 0.716. The number of benzene rings is 1. The third-order valence-corrected chi connectivity index (χ3v) is 3.11. The summed E-state index contributed by atoms with van der Waals surface area (Å²) in [5.74, 6) is 1.66. The molecule has 108 valence electrons. The molecule has 1 aromatic rings. The highest BCUT2D eigenvalue weighted by Crippen LogP contribution is 2.24. The van der Waals surface area contributed by atoms with Gasteiger partial charge in [-0.2, -0.15) is 0 Å². The molecule has 1 unspecified atom stereocenters. The Morgan fingerprint density at radius 3 is 2.58 bits per heavy atom. The second-order valence-corrected chi connectivity index (χ2v) is 4.69. The van der Waals surface area contributed by atoms with Gasteiger partial charge in [-0.25, -0.2) is 0 Å². The van der Waals surface area contributed by atoms with E-state index in [0.29, 0.717) is 6.54 Å². The number of nitrogens with zero attached hydrogens (tertiary/aromatic N) is 1. The topological polar surface area (TPSA) is 73.7 Å². The summed E-state index contributed by atoms with van der Waals surface area (Å²) in [6.45, 7) is 2.22. The molecule has 19 heavy (non-hydrogen) atoms. The fourth-order valence-electron chi connectivity index (χ4n) is 1.94. The number of hydrogen-bond acceptors (Lipinski definition) is 5. The summed E-state index contributed by atoms with van der Waals surface area (Å²) in [5, 5.41) is 0. The zero-order valence-electron chi connectivity index (χ0n) is 12.1. The summed E-state index contributed by atoms with van der Waals surface area (Å²) in [5.41, 5.74) is 12.5. The number of nitrogens with two attached hydrogens (primary N) is 2. The Kier molecular flexibility index (Phi) is 6.62. The second kappa shape index (κ2) is 7.99. The Morgan fingerprint density at radius 2 is 2.00 bits per heavy atom. The van der Waals surface area contributed by atoms with Crippen LogP contribution in [0.5, 0.6) is 11.5 Å². The number of rotatable bonds is 8. The first kappa shape index (κ1) is 15.8. The van der Waals surface area contributed by atoms with Crippen molar-refractivity contribution in [3.8, 4) is 11.5 Å². The van der Waals surface area contributed by atoms with Crippen molar-refractivity contribution >= 4 is 0 Å². The van der Waals surface area contributed by atoms with Crippen molar-refractivity contribution < 1.29 is 9.47 Å². The van der Waals surface area contributed by atoms with E-state index in [0.717, 1.165) is 36.6 Å². The van der Waals surface area contributed by atoms with E-state index < -0.39 is 0 Å². The molecule has 4 N–H and O–H groups in total. The van der Waals surface area contributed by atoms with Crippen LogP contribution in [0.1, 0.15) is 5.56 Å². The van der Waals surface area contributed by atoms with E-state index in [2.05, 4.69) is 4.90 Å². The predicted molar refractivity (Wildman–Crippen MR) is 77.8 cm³/mol. The lowest BCUT2D eigenvalue weighted by atomic mass is 10.1. The lowest BCUT2D eigenvalue weighted by Gasteiger charge is -2.20. The van der Waals surface area contributed by atoms with E-state index in [-0.39, 0.29) is 6.04 Å². The maximum Gasteiger partial charge on any atom is 0.125 e. The molecule has 5 heteroatoms. The molecule has 1 aromatic carbocycles. The normalized spacial score (nSPS) is 12.5. The molecule has 0 aliphatic rings. The number of likely N-dealkylation sites (N-methyl/N-ethyl adjacent to an activating group) is 1. The van der Waals surface area contributed by atoms with Crippen LogP contribution in [0.3, 0.4) is 0 Å². The van der Waals surface area contributed by atoms with Crippen LogP contribution in [0.25, 0.3) is 0 Å². The molecular weight excluding hydrogens is 242 g/mol. The average Bonchev–Trinajstić information content (AvgIpc) is 2.44. The maximum atomic E-state index is 5.83. The van der Waals surface area contributed by atoms with Crippen molar-refractivity contribution in [2.45, 2.75) is 12.5 Å². The second-order valence-electron chi connectivity index (χ2n) is 4.69. The Labute approximate surface area is 115 Å². The maximum absolute atomic E-state index is 5.83. The summed E-state index contributed by atoms with van der Waals surface area (Å²) in [6.07, 6.45) is 0.904. The van der Waals surface area contributed by atoms with Gasteiger partial charge in [-0.05, 0) is 25.1 Å². The van der Waals surface area contributed by atoms with Crippen LogP contribution in [-0.4, -0.2) is 51.8 Å². The summed E-state index contributed by atoms with van der Waals surface area (Å²) >= 11 is 0. The lowest BCUT2D eigenvalue weighted by Crippen LogP contribution is -2.41. The van der Waals surface area contributed by atoms with Crippen molar-refractivity contribution in [2.75, 3.05) is 40.9 Å². The molecule has 0 heterocycles. The molecule has 0 fully saturated rings. The minimum Gasteiger partial charge on any atom is -0.497 e. The molecule has 0 bridgehead atoms. The van der Waals surface area contributed by atoms with Gasteiger partial charge in [-0.15, -0.1) is 0 Å². The number of ether oxygens (including phenoxy) is 2. The SMILES string of the molecule is COc1ccc(CCN(C)CC(N)CN)c(OC)c1. The van der Waals surface area contributed by atoms with Gasteiger partial charge in [0, 0.05) is 31.7 Å². The smallest absolute Gasteiger partial charge is 0.125 e. The van der Waals surface area contributed by atoms with Crippen LogP contribution in [0.4, 0.5) is 0 Å². The van der Waals surface area contributed by atoms with Crippen LogP contribution in [0.15, 0.2) is 18.2 Å². The van der Waals surface area contributed by atoms with Crippen molar-refractivity contribution in [2.24, 2.45) is 11.5 Å². The summed E-state index contributed by atoms with van der Waals surface area (Å²) in [4.78, 5) is 2.18. The first-order valence-electron chi connectivity index (χ1n) is 6.45. The van der Waals surface area contributed by atoms with Crippen LogP contribution in [0.2, 0.25) is 0 Å². The average molecular weight is 267 g/mol. The fraction of sp³-hybridized carbons (Fsp3) is 0.571. The van der Waals surface area contributed by atoms with Crippen molar-refractivity contribution in [3.05, 3.63) is 23.8 Å². The zero-order chi connectivity index (χ0) is 14.3. The molecule has 0 aliphatic carbocycles. The first-order valence-corrected chi connectivity index (χ1v) is 6.45. The third kappa shape index (κ3) is 5.06. The molecule has 0 radical (unpaired) electrons. The van der Waals surface area contributed by atoms with Crippen molar-refractivity contribution in [1.29, 1.82) is 0 Å². The van der Waals surface area contributed by atoms with E-state index in [9.17, 15) is 0 Å². The fourth-order valence-corrected chi connectivity index (χ4v) is 1.94. The van der Waals surface area contributed by atoms with Crippen LogP contribution < -0.4 is 20.9 Å². The summed E-state index contributed by atoms with van der Waals surface area (Å²) in [6, 6.07) is 5.92. The van der Waals surface area contributed by atoms with E-state index >= 15 is 0 Å². The van der Waals surface area contributed by atoms with Gasteiger partial charge in [0.1, 0.15) is 11.5 Å². The Balaban J connectivity index is 2.57. The van der Waals surface area contributed by atoms with Gasteiger partial charge < -0.3 is 25.8 Å². The highest BCUT2D eigenvalue weighted by Gasteiger charge is 2.08. The summed E-state index contributed by atoms with van der Waals surface area (Å²) < 4.78 is 10.6. The van der Waals surface area contributed by atoms with E-state index in [1.54, 1.807) is 14.2 Å². The van der Waals surface area contributed by atoms with Crippen molar-refractivity contribution in [1.82, 2.24) is 4.90 Å². The van der Waals surface area contributed by atoms with Crippen LogP contribution >= 0.6 is 0 Å². The van der Waals surface area contributed by atoms with Gasteiger partial charge in [0.05, 0.1) is 14.2 Å². The Bertz CT molecular complexity index is 385. The minimum atomic E-state index is 0.0303. The van der Waals surface area contributed by atoms with Crippen molar-refractivity contribution in [3.63, 3.8) is 0 Å². The molecule has 1 rings (SSSR count). The minimum absolute atomic E-state index is 0.0303. The molecule has 0 saturated heterocycles. The molecule has 0 saturated carbocycles. The monoisotopic (exact) mass is 267 g/mol. The first-order chi connectivity index (χ1) is 9.10. The van der Waals surface area contributed by atoms with Gasteiger partial charge in [-0.3, -0.25) is 0 Å². The highest BCUT2D eigenvalue weighted by atomic mass is 16.5. The van der Waals surface area contributed by atoms with E-state index in [1.807, 2.05) is 25.2 Å². The van der Waals surface area contributed by atoms with E-state index in [4.69, 9.17) is 20.9 Å². The molecule has 5 nitrogen and oxygen atoms in total. The lowest BCUT2D eigenvalue weighted by molar-refractivity contribution is 0.313. The molecular formula is C14H25N3O2. The number of methoxy groups -OCH3 is 2. The number of hydrogen-bond donors (Lipinski definition) is 2. The Morgan fingerprint density at radius 1 is 1.26 bits per heavy atom. The molecule has 1 atom stereocenters. The van der Waals surface area contributed by atoms with E-state index in [1.165, 1.54) is 0 Å². The standard InChI is InChI=1S/C14H25N3O2/c1-17(10-12(16)9-15)7-6-11-4-5-13(18-2)8-14(11)19-3/h4-5,8,12H,6-7,9-10,15-16H2,1-3H3. The third-order valence-electron chi connectivity index (χ3n) is 3.11. The van der Waals surface area contributed by atoms with Gasteiger partial charge in [0.15, 0.2) is 0 Å². The van der Waals surface area contributed by atoms with Crippen LogP contribution in [0, 0.1) is 0 Å². The molecule has 0 aliphatic heterocycles. The highest BCUT2D eigenvalue weighted by molar-refractivity contribution is 5.40. The van der Waals surface area contributed by atoms with Gasteiger partial charge in [0.25, 0.3) is 0 Å². The molecule has 0 amide bonds. The van der Waals surface area contributed by atoms with Gasteiger partial charge in [-0.1, -0.05) is 6.07 Å². The zero-order valence-corrected chi connectivity index (χ0v) is 12.1. The molecule has 0 aromatic heterocycles. The van der Waals surface area contributed by atoms with Crippen LogP contribution in [-0.2, 0) is 6.42 Å².